The number of nitrogens with zero attached hydrogens (tertiary/aromatic N) is 3. The Labute approximate surface area is 97.2 Å². The number of aromatic nitrogens is 2. The van der Waals surface area contributed by atoms with E-state index in [-0.39, 0.29) is 0 Å². The summed E-state index contributed by atoms with van der Waals surface area (Å²) < 4.78 is 2.72. The molecule has 2 N–H and O–H groups in total. The molecule has 0 amide bonds. The van der Waals surface area contributed by atoms with Crippen molar-refractivity contribution in [2.75, 3.05) is 5.73 Å². The van der Waals surface area contributed by atoms with Crippen LogP contribution in [0.2, 0.25) is 0 Å². The lowest BCUT2D eigenvalue weighted by Crippen LogP contribution is -2.04. The van der Waals surface area contributed by atoms with E-state index in [1.807, 2.05) is 0 Å². The molecule has 1 aromatic heterocycles. The molecule has 1 aromatic rings. The van der Waals surface area contributed by atoms with E-state index >= 15 is 0 Å². The van der Waals surface area contributed by atoms with Crippen LogP contribution in [-0.2, 0) is 6.54 Å². The van der Waals surface area contributed by atoms with Gasteiger partial charge in [0.05, 0.1) is 28.3 Å². The van der Waals surface area contributed by atoms with Crippen molar-refractivity contribution in [3.63, 3.8) is 0 Å². The molecule has 0 aliphatic rings. The molecule has 0 saturated heterocycles. The van der Waals surface area contributed by atoms with Gasteiger partial charge >= 0.3 is 0 Å². The second kappa shape index (κ2) is 4.64. The number of nitriles is 1. The smallest absolute Gasteiger partial charge is 0.135 e. The quantitative estimate of drug-likeness (QED) is 0.870. The Morgan fingerprint density at radius 3 is 2.71 bits per heavy atom. The predicted octanol–water partition coefficient (Wildman–Crippen LogP) is 2.11. The van der Waals surface area contributed by atoms with E-state index in [9.17, 15) is 0 Å². The van der Waals surface area contributed by atoms with Gasteiger partial charge in [0.1, 0.15) is 5.82 Å². The van der Waals surface area contributed by atoms with E-state index in [1.54, 1.807) is 4.68 Å². The maximum absolute atomic E-state index is 8.47. The van der Waals surface area contributed by atoms with Crippen LogP contribution in [0, 0.1) is 14.9 Å². The van der Waals surface area contributed by atoms with Crippen LogP contribution < -0.4 is 5.73 Å². The van der Waals surface area contributed by atoms with E-state index in [4.69, 9.17) is 11.0 Å². The van der Waals surface area contributed by atoms with Crippen molar-refractivity contribution < 1.29 is 0 Å². The topological polar surface area (TPSA) is 67.6 Å². The van der Waals surface area contributed by atoms with Crippen LogP contribution in [0.25, 0.3) is 0 Å². The van der Waals surface area contributed by atoms with Crippen molar-refractivity contribution in [1.29, 1.82) is 5.26 Å². The number of halogens is 1. The third kappa shape index (κ3) is 2.18. The maximum atomic E-state index is 8.47. The van der Waals surface area contributed by atoms with Gasteiger partial charge in [-0.25, -0.2) is 4.68 Å². The normalized spacial score (nSPS) is 10.5. The molecule has 0 saturated carbocycles. The summed E-state index contributed by atoms with van der Waals surface area (Å²) in [6, 6.07) is 2.08. The third-order valence-corrected chi connectivity index (χ3v) is 3.04. The van der Waals surface area contributed by atoms with Gasteiger partial charge in [-0.3, -0.25) is 0 Å². The first-order valence-corrected chi connectivity index (χ1v) is 5.54. The van der Waals surface area contributed by atoms with Crippen LogP contribution in [0.15, 0.2) is 0 Å². The lowest BCUT2D eigenvalue weighted by atomic mass is 10.1. The summed E-state index contributed by atoms with van der Waals surface area (Å²) >= 11 is 2.20. The van der Waals surface area contributed by atoms with Gasteiger partial charge in [-0.2, -0.15) is 10.4 Å². The number of rotatable bonds is 3. The number of nitrogen functional groups attached to an aromatic ring is 1. The summed E-state index contributed by atoms with van der Waals surface area (Å²) in [6.07, 6.45) is 0.444. The van der Waals surface area contributed by atoms with Crippen molar-refractivity contribution in [1.82, 2.24) is 9.78 Å². The van der Waals surface area contributed by atoms with Crippen LogP contribution in [-0.4, -0.2) is 9.78 Å². The zero-order valence-electron chi connectivity index (χ0n) is 8.29. The number of aryl methyl sites for hydroxylation is 1. The standard InChI is InChI=1S/C9H13IN4/c1-6(2)8-7(10)9(12)14(13-8)5-3-4-11/h6H,3,5,12H2,1-2H3. The summed E-state index contributed by atoms with van der Waals surface area (Å²) in [4.78, 5) is 0. The molecule has 0 unspecified atom stereocenters. The van der Waals surface area contributed by atoms with Gasteiger partial charge in [-0.05, 0) is 28.5 Å². The molecular formula is C9H13IN4. The van der Waals surface area contributed by atoms with Gasteiger partial charge in [0.2, 0.25) is 0 Å². The third-order valence-electron chi connectivity index (χ3n) is 1.94. The van der Waals surface area contributed by atoms with Gasteiger partial charge in [-0.15, -0.1) is 0 Å². The Bertz CT molecular complexity index is 362. The van der Waals surface area contributed by atoms with E-state index < -0.39 is 0 Å². The van der Waals surface area contributed by atoms with Crippen LogP contribution >= 0.6 is 22.6 Å². The first kappa shape index (κ1) is 11.3. The fourth-order valence-electron chi connectivity index (χ4n) is 1.17. The van der Waals surface area contributed by atoms with Crippen molar-refractivity contribution in [3.8, 4) is 6.07 Å². The molecule has 1 rings (SSSR count). The molecule has 0 spiro atoms. The summed E-state index contributed by atoms with van der Waals surface area (Å²) in [7, 11) is 0. The minimum atomic E-state index is 0.368. The SMILES string of the molecule is CC(C)c1nn(CCC#N)c(N)c1I. The number of anilines is 1. The van der Waals surface area contributed by atoms with Crippen molar-refractivity contribution in [3.05, 3.63) is 9.26 Å². The molecule has 0 aromatic carbocycles. The zero-order chi connectivity index (χ0) is 10.7. The average Bonchev–Trinajstić information content (AvgIpc) is 2.42. The van der Waals surface area contributed by atoms with Gasteiger partial charge in [0.25, 0.3) is 0 Å². The summed E-state index contributed by atoms with van der Waals surface area (Å²) in [5.74, 6) is 1.04. The monoisotopic (exact) mass is 304 g/mol. The Hall–Kier alpha value is -0.770. The summed E-state index contributed by atoms with van der Waals surface area (Å²) in [5.41, 5.74) is 6.88. The fourth-order valence-corrected chi connectivity index (χ4v) is 2.18. The highest BCUT2D eigenvalue weighted by Crippen LogP contribution is 2.25. The molecule has 0 radical (unpaired) electrons. The molecule has 76 valence electrons. The molecule has 4 nitrogen and oxygen atoms in total. The molecule has 0 atom stereocenters. The predicted molar refractivity (Wildman–Crippen MR) is 63.7 cm³/mol. The summed E-state index contributed by atoms with van der Waals surface area (Å²) in [5, 5.41) is 12.8. The number of hydrogen-bond acceptors (Lipinski definition) is 3. The van der Waals surface area contributed by atoms with Gasteiger partial charge < -0.3 is 5.73 Å². The zero-order valence-corrected chi connectivity index (χ0v) is 10.4. The van der Waals surface area contributed by atoms with E-state index in [0.717, 1.165) is 9.26 Å². The molecule has 0 fully saturated rings. The minimum absolute atomic E-state index is 0.368. The Morgan fingerprint density at radius 1 is 1.64 bits per heavy atom. The largest absolute Gasteiger partial charge is 0.383 e. The number of nitrogens with two attached hydrogens (primary N) is 1. The van der Waals surface area contributed by atoms with E-state index in [1.165, 1.54) is 0 Å². The highest BCUT2D eigenvalue weighted by atomic mass is 127. The Morgan fingerprint density at radius 2 is 2.29 bits per heavy atom. The molecule has 5 heteroatoms. The maximum Gasteiger partial charge on any atom is 0.135 e. The lowest BCUT2D eigenvalue weighted by Gasteiger charge is -1.99. The Balaban J connectivity index is 2.98. The molecule has 14 heavy (non-hydrogen) atoms. The first-order valence-electron chi connectivity index (χ1n) is 4.46. The average molecular weight is 304 g/mol. The van der Waals surface area contributed by atoms with Crippen LogP contribution in [0.3, 0.4) is 0 Å². The van der Waals surface area contributed by atoms with Crippen LogP contribution in [0.1, 0.15) is 31.9 Å². The molecule has 0 bridgehead atoms. The highest BCUT2D eigenvalue weighted by Gasteiger charge is 2.15. The lowest BCUT2D eigenvalue weighted by molar-refractivity contribution is 0.617. The van der Waals surface area contributed by atoms with E-state index in [2.05, 4.69) is 47.6 Å². The van der Waals surface area contributed by atoms with Gasteiger partial charge in [-0.1, -0.05) is 13.8 Å². The number of hydrogen-bond donors (Lipinski definition) is 1. The molecule has 0 aliphatic heterocycles. The molecule has 1 heterocycles. The van der Waals surface area contributed by atoms with Crippen LogP contribution in [0.4, 0.5) is 5.82 Å². The summed E-state index contributed by atoms with van der Waals surface area (Å²) in [6.45, 7) is 4.74. The minimum Gasteiger partial charge on any atom is -0.383 e. The van der Waals surface area contributed by atoms with Crippen molar-refractivity contribution in [2.24, 2.45) is 0 Å². The second-order valence-electron chi connectivity index (χ2n) is 3.37. The van der Waals surface area contributed by atoms with Gasteiger partial charge in [0.15, 0.2) is 0 Å². The first-order chi connectivity index (χ1) is 6.57. The van der Waals surface area contributed by atoms with Crippen molar-refractivity contribution >= 4 is 28.4 Å². The second-order valence-corrected chi connectivity index (χ2v) is 4.45. The Kier molecular flexibility index (Phi) is 3.75. The highest BCUT2D eigenvalue weighted by molar-refractivity contribution is 14.1. The van der Waals surface area contributed by atoms with Crippen LogP contribution in [0.5, 0.6) is 0 Å². The molecular weight excluding hydrogens is 291 g/mol. The fraction of sp³-hybridized carbons (Fsp3) is 0.556. The van der Waals surface area contributed by atoms with E-state index in [0.29, 0.717) is 24.7 Å². The molecule has 0 aliphatic carbocycles. The van der Waals surface area contributed by atoms with Crippen molar-refractivity contribution in [2.45, 2.75) is 32.7 Å². The van der Waals surface area contributed by atoms with Gasteiger partial charge in [0, 0.05) is 0 Å².